The fraction of sp³-hybridized carbons (Fsp3) is 0. The second-order valence-electron chi connectivity index (χ2n) is 3.93. The van der Waals surface area contributed by atoms with Gasteiger partial charge in [0.25, 0.3) is 0 Å². The molecule has 6 heteroatoms. The molecular weight excluding hydrogens is 338 g/mol. The molecule has 0 aliphatic heterocycles. The van der Waals surface area contributed by atoms with Gasteiger partial charge >= 0.3 is 0 Å². The molecule has 2 heterocycles. The van der Waals surface area contributed by atoms with Crippen LogP contribution in [0.25, 0.3) is 11.3 Å². The molecule has 0 aliphatic rings. The van der Waals surface area contributed by atoms with Crippen molar-refractivity contribution >= 4 is 38.6 Å². The van der Waals surface area contributed by atoms with Crippen LogP contribution in [-0.4, -0.2) is 11.2 Å². The number of hydrogen-bond acceptors (Lipinski definition) is 5. The van der Waals surface area contributed by atoms with Gasteiger partial charge in [0, 0.05) is 15.4 Å². The molecule has 0 unspecified atom stereocenters. The van der Waals surface area contributed by atoms with Gasteiger partial charge in [-0.15, -0.1) is 11.3 Å². The number of furan rings is 1. The fourth-order valence-corrected chi connectivity index (χ4v) is 2.53. The Bertz CT molecular complexity index is 704. The van der Waals surface area contributed by atoms with E-state index in [0.29, 0.717) is 5.76 Å². The zero-order valence-electron chi connectivity index (χ0n) is 10.3. The lowest BCUT2D eigenvalue weighted by Crippen LogP contribution is -1.89. The number of benzene rings is 1. The average molecular weight is 348 g/mol. The van der Waals surface area contributed by atoms with Crippen molar-refractivity contribution < 1.29 is 4.42 Å². The van der Waals surface area contributed by atoms with Crippen LogP contribution < -0.4 is 5.43 Å². The van der Waals surface area contributed by atoms with Gasteiger partial charge < -0.3 is 4.42 Å². The van der Waals surface area contributed by atoms with Crippen molar-refractivity contribution in [1.82, 2.24) is 4.98 Å². The Morgan fingerprint density at radius 2 is 2.10 bits per heavy atom. The number of hydrazone groups is 1. The van der Waals surface area contributed by atoms with Crippen LogP contribution >= 0.6 is 27.3 Å². The normalized spacial score (nSPS) is 11.1. The maximum absolute atomic E-state index is 5.15. The van der Waals surface area contributed by atoms with E-state index in [-0.39, 0.29) is 0 Å². The van der Waals surface area contributed by atoms with Crippen molar-refractivity contribution in [1.29, 1.82) is 0 Å². The van der Waals surface area contributed by atoms with E-state index < -0.39 is 0 Å². The van der Waals surface area contributed by atoms with Gasteiger partial charge in [-0.25, -0.2) is 4.98 Å². The van der Waals surface area contributed by atoms with Gasteiger partial charge in [-0.05, 0) is 24.3 Å². The molecule has 3 rings (SSSR count). The summed E-state index contributed by atoms with van der Waals surface area (Å²) in [5.41, 5.74) is 4.90. The van der Waals surface area contributed by atoms with Crippen LogP contribution in [0.15, 0.2) is 62.0 Å². The van der Waals surface area contributed by atoms with Crippen molar-refractivity contribution in [2.24, 2.45) is 5.10 Å². The van der Waals surface area contributed by atoms with E-state index in [1.807, 2.05) is 41.8 Å². The van der Waals surface area contributed by atoms with Crippen LogP contribution in [0.5, 0.6) is 0 Å². The summed E-state index contributed by atoms with van der Waals surface area (Å²) in [6.45, 7) is 0. The summed E-state index contributed by atoms with van der Waals surface area (Å²) in [4.78, 5) is 4.48. The molecule has 0 atom stereocenters. The van der Waals surface area contributed by atoms with Crippen molar-refractivity contribution in [2.75, 3.05) is 5.43 Å². The number of aromatic nitrogens is 1. The van der Waals surface area contributed by atoms with Crippen LogP contribution in [0.3, 0.4) is 0 Å². The zero-order chi connectivity index (χ0) is 13.8. The molecule has 20 heavy (non-hydrogen) atoms. The lowest BCUT2D eigenvalue weighted by molar-refractivity contribution is 0.560. The number of thiazole rings is 1. The predicted molar refractivity (Wildman–Crippen MR) is 85.2 cm³/mol. The standard InChI is InChI=1S/C14H10BrN3OS/c15-11-5-3-10(4-6-11)13-9-20-14(17-13)18-16-8-12-2-1-7-19-12/h1-9H,(H,17,18)/b16-8-. The molecule has 0 aliphatic carbocycles. The third-order valence-corrected chi connectivity index (χ3v) is 3.81. The van der Waals surface area contributed by atoms with Gasteiger partial charge in [0.05, 0.1) is 18.2 Å². The number of nitrogens with one attached hydrogen (secondary N) is 1. The van der Waals surface area contributed by atoms with E-state index in [2.05, 4.69) is 31.4 Å². The largest absolute Gasteiger partial charge is 0.463 e. The Kier molecular flexibility index (Phi) is 3.94. The number of hydrogen-bond donors (Lipinski definition) is 1. The molecule has 0 fully saturated rings. The molecule has 1 N–H and O–H groups in total. The molecule has 2 aromatic heterocycles. The maximum atomic E-state index is 5.15. The molecule has 0 amide bonds. The van der Waals surface area contributed by atoms with Crippen molar-refractivity contribution in [2.45, 2.75) is 0 Å². The summed E-state index contributed by atoms with van der Waals surface area (Å²) in [6, 6.07) is 11.7. The Morgan fingerprint density at radius 3 is 2.85 bits per heavy atom. The smallest absolute Gasteiger partial charge is 0.203 e. The summed E-state index contributed by atoms with van der Waals surface area (Å²) in [5, 5.41) is 6.81. The minimum absolute atomic E-state index is 0.696. The van der Waals surface area contributed by atoms with Gasteiger partial charge in [0.15, 0.2) is 0 Å². The number of rotatable bonds is 4. The van der Waals surface area contributed by atoms with Crippen molar-refractivity contribution in [3.05, 3.63) is 58.3 Å². The van der Waals surface area contributed by atoms with E-state index in [0.717, 1.165) is 20.9 Å². The topological polar surface area (TPSA) is 50.4 Å². The Labute approximate surface area is 128 Å². The summed E-state index contributed by atoms with van der Waals surface area (Å²) in [5.74, 6) is 0.696. The highest BCUT2D eigenvalue weighted by Crippen LogP contribution is 2.25. The van der Waals surface area contributed by atoms with E-state index in [1.165, 1.54) is 11.3 Å². The first-order valence-electron chi connectivity index (χ1n) is 5.85. The first-order valence-corrected chi connectivity index (χ1v) is 7.52. The molecule has 1 aromatic carbocycles. The third-order valence-electron chi connectivity index (χ3n) is 2.54. The summed E-state index contributed by atoms with van der Waals surface area (Å²) in [7, 11) is 0. The Hall–Kier alpha value is -1.92. The van der Waals surface area contributed by atoms with Crippen LogP contribution in [0, 0.1) is 0 Å². The number of halogens is 1. The summed E-state index contributed by atoms with van der Waals surface area (Å²) in [6.07, 6.45) is 3.22. The lowest BCUT2D eigenvalue weighted by atomic mass is 10.2. The average Bonchev–Trinajstić information content (AvgIpc) is 3.11. The lowest BCUT2D eigenvalue weighted by Gasteiger charge is -1.96. The maximum Gasteiger partial charge on any atom is 0.203 e. The quantitative estimate of drug-likeness (QED) is 0.553. The molecule has 0 spiro atoms. The van der Waals surface area contributed by atoms with Crippen LogP contribution in [0.2, 0.25) is 0 Å². The number of nitrogens with zero attached hydrogens (tertiary/aromatic N) is 2. The third kappa shape index (κ3) is 3.15. The van der Waals surface area contributed by atoms with Gasteiger partial charge in [-0.1, -0.05) is 28.1 Å². The second kappa shape index (κ2) is 6.02. The van der Waals surface area contributed by atoms with Crippen LogP contribution in [-0.2, 0) is 0 Å². The van der Waals surface area contributed by atoms with E-state index in [1.54, 1.807) is 12.5 Å². The minimum atomic E-state index is 0.696. The van der Waals surface area contributed by atoms with Crippen molar-refractivity contribution in [3.63, 3.8) is 0 Å². The molecule has 0 saturated heterocycles. The molecule has 100 valence electrons. The highest BCUT2D eigenvalue weighted by molar-refractivity contribution is 9.10. The molecular formula is C14H10BrN3OS. The van der Waals surface area contributed by atoms with Gasteiger partial charge in [-0.3, -0.25) is 5.43 Å². The predicted octanol–water partition coefficient (Wildman–Crippen LogP) is 4.61. The van der Waals surface area contributed by atoms with E-state index in [9.17, 15) is 0 Å². The van der Waals surface area contributed by atoms with E-state index in [4.69, 9.17) is 4.42 Å². The Balaban J connectivity index is 1.69. The number of anilines is 1. The van der Waals surface area contributed by atoms with Crippen LogP contribution in [0.1, 0.15) is 5.76 Å². The monoisotopic (exact) mass is 347 g/mol. The Morgan fingerprint density at radius 1 is 1.25 bits per heavy atom. The first kappa shape index (κ1) is 13.1. The summed E-state index contributed by atoms with van der Waals surface area (Å²) >= 11 is 4.93. The van der Waals surface area contributed by atoms with Gasteiger partial charge in [-0.2, -0.15) is 5.10 Å². The summed E-state index contributed by atoms with van der Waals surface area (Å²) < 4.78 is 6.20. The van der Waals surface area contributed by atoms with Crippen LogP contribution in [0.4, 0.5) is 5.13 Å². The zero-order valence-corrected chi connectivity index (χ0v) is 12.7. The molecule has 0 bridgehead atoms. The SMILES string of the molecule is Brc1ccc(-c2csc(N/N=C\c3ccco3)n2)cc1. The molecule has 4 nitrogen and oxygen atoms in total. The molecule has 0 saturated carbocycles. The van der Waals surface area contributed by atoms with Gasteiger partial charge in [0.1, 0.15) is 5.76 Å². The highest BCUT2D eigenvalue weighted by atomic mass is 79.9. The molecule has 0 radical (unpaired) electrons. The molecule has 3 aromatic rings. The highest BCUT2D eigenvalue weighted by Gasteiger charge is 2.03. The van der Waals surface area contributed by atoms with Crippen molar-refractivity contribution in [3.8, 4) is 11.3 Å². The van der Waals surface area contributed by atoms with E-state index >= 15 is 0 Å². The first-order chi connectivity index (χ1) is 9.81. The van der Waals surface area contributed by atoms with Gasteiger partial charge in [0.2, 0.25) is 5.13 Å². The fourth-order valence-electron chi connectivity index (χ4n) is 1.59. The second-order valence-corrected chi connectivity index (χ2v) is 5.70. The minimum Gasteiger partial charge on any atom is -0.463 e.